The molecule has 2 aliphatic carbocycles. The predicted octanol–water partition coefficient (Wildman–Crippen LogP) is 10.7. The van der Waals surface area contributed by atoms with Gasteiger partial charge in [-0.3, -0.25) is 9.80 Å². The molecule has 2 rings (SSSR count). The highest BCUT2D eigenvalue weighted by atomic mass is 19.4. The van der Waals surface area contributed by atoms with Crippen molar-refractivity contribution in [2.45, 2.75) is 130 Å². The molecular weight excluding hydrogens is 834 g/mol. The van der Waals surface area contributed by atoms with E-state index < -0.39 is 144 Å². The number of carbonyl (C=O) groups is 2. The number of alkyl halides is 22. The van der Waals surface area contributed by atoms with Crippen molar-refractivity contribution < 1.29 is 116 Å². The third-order valence-corrected chi connectivity index (χ3v) is 9.62. The van der Waals surface area contributed by atoms with E-state index in [4.69, 9.17) is 0 Å². The number of halogens is 22. The van der Waals surface area contributed by atoms with Crippen LogP contribution >= 0.6 is 0 Å². The fraction of sp³-hybridized carbons (Fsp3) is 0.926. The van der Waals surface area contributed by atoms with Crippen molar-refractivity contribution in [1.82, 2.24) is 9.80 Å². The van der Waals surface area contributed by atoms with E-state index in [2.05, 4.69) is 0 Å². The maximum atomic E-state index is 14.3. The zero-order valence-corrected chi connectivity index (χ0v) is 27.0. The van der Waals surface area contributed by atoms with Gasteiger partial charge in [-0.05, 0) is 69.6 Å². The first-order chi connectivity index (χ1) is 24.2. The van der Waals surface area contributed by atoms with Crippen LogP contribution in [0, 0.1) is 11.8 Å². The van der Waals surface area contributed by atoms with Crippen LogP contribution in [0.4, 0.5) is 106 Å². The first kappa shape index (κ1) is 48.1. The summed E-state index contributed by atoms with van der Waals surface area (Å²) in [6.45, 7) is -5.91. The van der Waals surface area contributed by atoms with Crippen LogP contribution in [0.3, 0.4) is 0 Å². The number of rotatable bonds is 14. The van der Waals surface area contributed by atoms with Crippen LogP contribution in [0.1, 0.15) is 57.8 Å². The predicted molar refractivity (Wildman–Crippen MR) is 137 cm³/mol. The first-order valence-electron chi connectivity index (χ1n) is 15.4. The average Bonchev–Trinajstić information content (AvgIpc) is 3.01. The van der Waals surface area contributed by atoms with Gasteiger partial charge in [0.15, 0.2) is 0 Å². The van der Waals surface area contributed by atoms with Gasteiger partial charge in [0.2, 0.25) is 0 Å². The topological polar surface area (TPSA) is 81.1 Å². The smallest absolute Gasteiger partial charge is 0.460 e. The van der Waals surface area contributed by atoms with Crippen LogP contribution in [-0.2, 0) is 0 Å². The lowest BCUT2D eigenvalue weighted by Gasteiger charge is -2.42. The zero-order valence-electron chi connectivity index (χ0n) is 27.0. The highest BCUT2D eigenvalue weighted by Crippen LogP contribution is 2.59. The Morgan fingerprint density at radius 2 is 0.636 bits per heavy atom. The fourth-order valence-electron chi connectivity index (χ4n) is 6.40. The van der Waals surface area contributed by atoms with Gasteiger partial charge in [-0.1, -0.05) is 0 Å². The minimum Gasteiger partial charge on any atom is -0.465 e. The van der Waals surface area contributed by atoms with Crippen LogP contribution < -0.4 is 0 Å². The quantitative estimate of drug-likeness (QED) is 0.171. The van der Waals surface area contributed by atoms with Crippen molar-refractivity contribution >= 4 is 12.2 Å². The van der Waals surface area contributed by atoms with Crippen LogP contribution in [0.25, 0.3) is 0 Å². The van der Waals surface area contributed by atoms with Crippen LogP contribution in [-0.4, -0.2) is 117 Å². The molecule has 0 unspecified atom stereocenters. The summed E-state index contributed by atoms with van der Waals surface area (Å²) in [5.74, 6) is -59.9. The summed E-state index contributed by atoms with van der Waals surface area (Å²) in [5.41, 5.74) is 0. The maximum Gasteiger partial charge on any atom is 0.460 e. The Bertz CT molecular complexity index is 1250. The van der Waals surface area contributed by atoms with Crippen LogP contribution in [0.15, 0.2) is 0 Å². The second-order valence-electron chi connectivity index (χ2n) is 13.3. The van der Waals surface area contributed by atoms with Gasteiger partial charge in [-0.15, -0.1) is 0 Å². The number of amides is 2. The van der Waals surface area contributed by atoms with Gasteiger partial charge in [-0.25, -0.2) is 9.59 Å². The van der Waals surface area contributed by atoms with E-state index in [9.17, 15) is 116 Å². The summed E-state index contributed by atoms with van der Waals surface area (Å²) < 4.78 is 295. The second-order valence-corrected chi connectivity index (χ2v) is 13.3. The fourth-order valence-corrected chi connectivity index (χ4v) is 6.40. The molecule has 0 bridgehead atoms. The second kappa shape index (κ2) is 15.1. The number of carboxylic acid groups (broad SMARTS) is 2. The van der Waals surface area contributed by atoms with Crippen molar-refractivity contribution in [2.75, 3.05) is 13.1 Å². The maximum absolute atomic E-state index is 14.3. The lowest BCUT2D eigenvalue weighted by Crippen LogP contribution is -2.68. The summed E-state index contributed by atoms with van der Waals surface area (Å²) in [7, 11) is 0. The molecule has 0 saturated heterocycles. The van der Waals surface area contributed by atoms with Gasteiger partial charge < -0.3 is 10.2 Å². The van der Waals surface area contributed by atoms with E-state index in [1.807, 2.05) is 0 Å². The average molecular weight is 862 g/mol. The van der Waals surface area contributed by atoms with E-state index in [-0.39, 0.29) is 32.1 Å². The van der Waals surface area contributed by atoms with Crippen molar-refractivity contribution in [3.63, 3.8) is 0 Å². The zero-order chi connectivity index (χ0) is 43.4. The first-order valence-corrected chi connectivity index (χ1v) is 15.4. The summed E-state index contributed by atoms with van der Waals surface area (Å²) in [5, 5.41) is 18.6. The standard InChI is InChI=1S/C27H28F22N2O4/c28-18(29,20(32,33)22(36,37)24(40,41)26(44,45)46)10-50(16(52)53)14-5-1-12(2-6-14)9-13-3-7-15(8-4-13)51(17(54)55)11-19(30,31)21(34,35)23(38,39)25(42,43)27(47,48)49/h12-15H,1-11H2,(H,52,53)(H,54,55). The molecule has 0 heterocycles. The molecule has 0 aromatic heterocycles. The molecule has 2 amide bonds. The van der Waals surface area contributed by atoms with Gasteiger partial charge in [0.25, 0.3) is 0 Å². The molecular formula is C27H28F22N2O4. The molecule has 0 spiro atoms. The van der Waals surface area contributed by atoms with Crippen LogP contribution in [0.2, 0.25) is 0 Å². The molecule has 2 N–H and O–H groups in total. The summed E-state index contributed by atoms with van der Waals surface area (Å²) in [6.07, 6.45) is -22.4. The summed E-state index contributed by atoms with van der Waals surface area (Å²) >= 11 is 0. The summed E-state index contributed by atoms with van der Waals surface area (Å²) in [4.78, 5) is 22.1. The van der Waals surface area contributed by atoms with Gasteiger partial charge in [-0.2, -0.15) is 96.6 Å². The molecule has 0 aromatic rings. The SMILES string of the molecule is O=C(O)N(CC(F)(F)C(F)(F)C(F)(F)C(F)(F)C(F)(F)F)C1CCC(CC2CCC(N(CC(F)(F)C(F)(F)C(F)(F)C(F)(F)C(F)(F)F)C(=O)O)CC2)CC1. The molecule has 2 saturated carbocycles. The Morgan fingerprint density at radius 3 is 0.836 bits per heavy atom. The Balaban J connectivity index is 2.08. The van der Waals surface area contributed by atoms with E-state index in [1.54, 1.807) is 0 Å². The van der Waals surface area contributed by atoms with E-state index in [0.29, 0.717) is 0 Å². The van der Waals surface area contributed by atoms with Gasteiger partial charge in [0.05, 0.1) is 13.1 Å². The van der Waals surface area contributed by atoms with E-state index in [0.717, 1.165) is 0 Å². The van der Waals surface area contributed by atoms with Crippen LogP contribution in [0.5, 0.6) is 0 Å². The van der Waals surface area contributed by atoms with Crippen molar-refractivity contribution in [2.24, 2.45) is 11.8 Å². The van der Waals surface area contributed by atoms with Crippen molar-refractivity contribution in [1.29, 1.82) is 0 Å². The molecule has 6 nitrogen and oxygen atoms in total. The normalized spacial score (nSPS) is 23.4. The molecule has 2 aliphatic rings. The number of nitrogens with zero attached hydrogens (tertiary/aromatic N) is 2. The molecule has 0 atom stereocenters. The monoisotopic (exact) mass is 862 g/mol. The van der Waals surface area contributed by atoms with Gasteiger partial charge in [0.1, 0.15) is 0 Å². The number of hydrogen-bond acceptors (Lipinski definition) is 2. The highest BCUT2D eigenvalue weighted by Gasteiger charge is 2.88. The van der Waals surface area contributed by atoms with E-state index in [1.165, 1.54) is 0 Å². The molecule has 0 aromatic carbocycles. The number of hydrogen-bond donors (Lipinski definition) is 2. The third kappa shape index (κ3) is 8.65. The highest BCUT2D eigenvalue weighted by molar-refractivity contribution is 5.66. The molecule has 2 fully saturated rings. The Hall–Kier alpha value is -3.00. The Morgan fingerprint density at radius 1 is 0.400 bits per heavy atom. The molecule has 28 heteroatoms. The molecule has 0 aliphatic heterocycles. The Kier molecular flexibility index (Phi) is 13.2. The van der Waals surface area contributed by atoms with Crippen molar-refractivity contribution in [3.05, 3.63) is 0 Å². The minimum absolute atomic E-state index is 0.0690. The summed E-state index contributed by atoms with van der Waals surface area (Å²) in [6, 6.07) is -3.40. The molecule has 324 valence electrons. The largest absolute Gasteiger partial charge is 0.465 e. The van der Waals surface area contributed by atoms with E-state index >= 15 is 0 Å². The third-order valence-electron chi connectivity index (χ3n) is 9.62. The minimum atomic E-state index is -7.76. The Labute approximate surface area is 293 Å². The molecule has 55 heavy (non-hydrogen) atoms. The van der Waals surface area contributed by atoms with Crippen molar-refractivity contribution in [3.8, 4) is 0 Å². The van der Waals surface area contributed by atoms with Gasteiger partial charge >= 0.3 is 71.9 Å². The van der Waals surface area contributed by atoms with Gasteiger partial charge in [0, 0.05) is 12.1 Å². The lowest BCUT2D eigenvalue weighted by atomic mass is 9.75. The molecule has 0 radical (unpaired) electrons. The lowest BCUT2D eigenvalue weighted by molar-refractivity contribution is -0.422.